The summed E-state index contributed by atoms with van der Waals surface area (Å²) in [5.41, 5.74) is 7.56. The van der Waals surface area contributed by atoms with E-state index < -0.39 is 0 Å². The summed E-state index contributed by atoms with van der Waals surface area (Å²) >= 11 is 1.85. The Hall–Kier alpha value is -3.30. The first kappa shape index (κ1) is 20.4. The molecular weight excluding hydrogens is 390 g/mol. The Kier molecular flexibility index (Phi) is 6.20. The topological polar surface area (TPSA) is 117 Å². The molecule has 3 rings (SSSR count). The van der Waals surface area contributed by atoms with Gasteiger partial charge in [-0.3, -0.25) is 0 Å². The Bertz CT molecular complexity index is 982. The lowest BCUT2D eigenvalue weighted by Gasteiger charge is -2.29. The van der Waals surface area contributed by atoms with Crippen molar-refractivity contribution in [2.75, 3.05) is 56.6 Å². The van der Waals surface area contributed by atoms with Crippen molar-refractivity contribution in [3.8, 4) is 40.5 Å². The fourth-order valence-corrected chi connectivity index (χ4v) is 4.23. The zero-order valence-corrected chi connectivity index (χ0v) is 17.3. The van der Waals surface area contributed by atoms with Crippen LogP contribution in [0, 0.1) is 22.7 Å². The van der Waals surface area contributed by atoms with Crippen molar-refractivity contribution in [2.24, 2.45) is 0 Å². The van der Waals surface area contributed by atoms with Crippen molar-refractivity contribution in [3.63, 3.8) is 0 Å². The Morgan fingerprint density at radius 1 is 1.00 bits per heavy atom. The molecule has 1 fully saturated rings. The lowest BCUT2D eigenvalue weighted by molar-refractivity contribution is 0.324. The molecule has 8 nitrogen and oxygen atoms in total. The highest BCUT2D eigenvalue weighted by Crippen LogP contribution is 2.44. The first-order valence-corrected chi connectivity index (χ1v) is 10.0. The number of hydrogen-bond donors (Lipinski definition) is 1. The summed E-state index contributed by atoms with van der Waals surface area (Å²) in [6.07, 6.45) is 0. The molecule has 1 aromatic heterocycles. The maximum atomic E-state index is 10.00. The molecule has 1 saturated heterocycles. The van der Waals surface area contributed by atoms with Gasteiger partial charge in [-0.05, 0) is 17.7 Å². The monoisotopic (exact) mass is 411 g/mol. The molecular formula is C20H21N5O3S. The number of benzene rings is 1. The van der Waals surface area contributed by atoms with Crippen LogP contribution in [0.1, 0.15) is 11.1 Å². The second kappa shape index (κ2) is 8.80. The van der Waals surface area contributed by atoms with Gasteiger partial charge in [0.2, 0.25) is 5.75 Å². The summed E-state index contributed by atoms with van der Waals surface area (Å²) in [6.45, 7) is 1.51. The highest BCUT2D eigenvalue weighted by Gasteiger charge is 2.26. The van der Waals surface area contributed by atoms with Gasteiger partial charge < -0.3 is 24.8 Å². The Morgan fingerprint density at radius 2 is 1.59 bits per heavy atom. The minimum absolute atomic E-state index is 0.0866. The number of thioether (sulfide) groups is 1. The third kappa shape index (κ3) is 3.69. The Morgan fingerprint density at radius 3 is 2.07 bits per heavy atom. The summed E-state index contributed by atoms with van der Waals surface area (Å²) in [4.78, 5) is 6.44. The normalized spacial score (nSPS) is 13.3. The van der Waals surface area contributed by atoms with Crippen LogP contribution in [0.4, 0.5) is 11.6 Å². The van der Waals surface area contributed by atoms with Crippen molar-refractivity contribution in [3.05, 3.63) is 23.3 Å². The van der Waals surface area contributed by atoms with Crippen LogP contribution in [-0.4, -0.2) is 50.9 Å². The van der Waals surface area contributed by atoms with E-state index in [9.17, 15) is 10.5 Å². The molecule has 1 aliphatic rings. The van der Waals surface area contributed by atoms with Crippen molar-refractivity contribution in [1.29, 1.82) is 10.5 Å². The van der Waals surface area contributed by atoms with Crippen LogP contribution < -0.4 is 24.8 Å². The third-order valence-electron chi connectivity index (χ3n) is 4.69. The number of ether oxygens (including phenoxy) is 3. The van der Waals surface area contributed by atoms with Crippen molar-refractivity contribution < 1.29 is 14.2 Å². The molecule has 0 bridgehead atoms. The number of methoxy groups -OCH3 is 3. The van der Waals surface area contributed by atoms with Gasteiger partial charge in [0.05, 0.1) is 21.3 Å². The number of nitrogen functional groups attached to an aromatic ring is 1. The molecule has 0 atom stereocenters. The molecule has 29 heavy (non-hydrogen) atoms. The smallest absolute Gasteiger partial charge is 0.203 e. The van der Waals surface area contributed by atoms with E-state index in [2.05, 4.69) is 17.1 Å². The molecule has 2 N–H and O–H groups in total. The summed E-state index contributed by atoms with van der Waals surface area (Å²) in [7, 11) is 4.53. The average molecular weight is 411 g/mol. The summed E-state index contributed by atoms with van der Waals surface area (Å²) in [5.74, 6) is 3.71. The van der Waals surface area contributed by atoms with E-state index in [1.807, 2.05) is 16.7 Å². The SMILES string of the molecule is COc1cc(-c2c(C#N)c(N)nc(N3CCSCC3)c2C#N)cc(OC)c1OC. The Balaban J connectivity index is 2.32. The van der Waals surface area contributed by atoms with Gasteiger partial charge in [0, 0.05) is 30.2 Å². The molecule has 2 heterocycles. The molecule has 0 spiro atoms. The third-order valence-corrected chi connectivity index (χ3v) is 5.64. The number of nitrogens with two attached hydrogens (primary N) is 1. The van der Waals surface area contributed by atoms with E-state index in [0.29, 0.717) is 39.8 Å². The lowest BCUT2D eigenvalue weighted by Crippen LogP contribution is -2.34. The number of pyridine rings is 1. The first-order valence-electron chi connectivity index (χ1n) is 8.86. The van der Waals surface area contributed by atoms with Crippen LogP contribution in [0.3, 0.4) is 0 Å². The highest BCUT2D eigenvalue weighted by molar-refractivity contribution is 7.99. The van der Waals surface area contributed by atoms with Gasteiger partial charge in [-0.2, -0.15) is 22.3 Å². The number of aromatic nitrogens is 1. The first-order chi connectivity index (χ1) is 14.1. The lowest BCUT2D eigenvalue weighted by atomic mass is 9.95. The largest absolute Gasteiger partial charge is 0.493 e. The minimum Gasteiger partial charge on any atom is -0.493 e. The molecule has 1 aliphatic heterocycles. The van der Waals surface area contributed by atoms with Gasteiger partial charge >= 0.3 is 0 Å². The average Bonchev–Trinajstić information content (AvgIpc) is 2.77. The van der Waals surface area contributed by atoms with E-state index in [0.717, 1.165) is 24.6 Å². The predicted molar refractivity (Wildman–Crippen MR) is 113 cm³/mol. The van der Waals surface area contributed by atoms with Crippen LogP contribution in [0.2, 0.25) is 0 Å². The minimum atomic E-state index is 0.0866. The summed E-state index contributed by atoms with van der Waals surface area (Å²) in [6, 6.07) is 7.74. The summed E-state index contributed by atoms with van der Waals surface area (Å²) < 4.78 is 16.2. The number of nitrogens with zero attached hydrogens (tertiary/aromatic N) is 4. The van der Waals surface area contributed by atoms with E-state index in [1.54, 1.807) is 12.1 Å². The molecule has 2 aromatic rings. The molecule has 9 heteroatoms. The molecule has 0 amide bonds. The second-order valence-electron chi connectivity index (χ2n) is 6.18. The quantitative estimate of drug-likeness (QED) is 0.792. The van der Waals surface area contributed by atoms with Gasteiger partial charge in [-0.15, -0.1) is 0 Å². The highest BCUT2D eigenvalue weighted by atomic mass is 32.2. The van der Waals surface area contributed by atoms with E-state index in [4.69, 9.17) is 19.9 Å². The standard InChI is InChI=1S/C20H21N5O3S/c1-26-15-8-12(9-16(27-2)18(15)28-3)17-13(10-21)19(23)24-20(14(17)11-22)25-4-6-29-7-5-25/h8-9H,4-7H2,1-3H3,(H2,23,24). The van der Waals surface area contributed by atoms with Crippen LogP contribution in [0.25, 0.3) is 11.1 Å². The van der Waals surface area contributed by atoms with E-state index >= 15 is 0 Å². The zero-order valence-electron chi connectivity index (χ0n) is 16.5. The van der Waals surface area contributed by atoms with Gasteiger partial charge in [0.1, 0.15) is 34.9 Å². The van der Waals surface area contributed by atoms with Gasteiger partial charge in [-0.1, -0.05) is 0 Å². The zero-order chi connectivity index (χ0) is 21.0. The number of rotatable bonds is 5. The molecule has 0 aliphatic carbocycles. The fraction of sp³-hybridized carbons (Fsp3) is 0.350. The van der Waals surface area contributed by atoms with E-state index in [1.165, 1.54) is 21.3 Å². The van der Waals surface area contributed by atoms with Crippen LogP contribution in [-0.2, 0) is 0 Å². The number of anilines is 2. The van der Waals surface area contributed by atoms with Gasteiger partial charge in [-0.25, -0.2) is 4.98 Å². The molecule has 0 radical (unpaired) electrons. The van der Waals surface area contributed by atoms with E-state index in [-0.39, 0.29) is 11.4 Å². The van der Waals surface area contributed by atoms with Crippen LogP contribution >= 0.6 is 11.8 Å². The second-order valence-corrected chi connectivity index (χ2v) is 7.41. The maximum Gasteiger partial charge on any atom is 0.203 e. The molecule has 0 unspecified atom stereocenters. The summed E-state index contributed by atoms with van der Waals surface area (Å²) in [5, 5.41) is 19.7. The van der Waals surface area contributed by atoms with Gasteiger partial charge in [0.15, 0.2) is 11.5 Å². The van der Waals surface area contributed by atoms with Gasteiger partial charge in [0.25, 0.3) is 0 Å². The molecule has 150 valence electrons. The molecule has 0 saturated carbocycles. The Labute approximate surface area is 173 Å². The number of nitriles is 2. The fourth-order valence-electron chi connectivity index (χ4n) is 3.33. The predicted octanol–water partition coefficient (Wildman–Crippen LogP) is 2.65. The molecule has 1 aromatic carbocycles. The van der Waals surface area contributed by atoms with Crippen LogP contribution in [0.15, 0.2) is 12.1 Å². The maximum absolute atomic E-state index is 10.00. The van der Waals surface area contributed by atoms with Crippen molar-refractivity contribution >= 4 is 23.4 Å². The van der Waals surface area contributed by atoms with Crippen molar-refractivity contribution in [1.82, 2.24) is 4.98 Å². The van der Waals surface area contributed by atoms with Crippen molar-refractivity contribution in [2.45, 2.75) is 0 Å². The number of hydrogen-bond acceptors (Lipinski definition) is 9. The van der Waals surface area contributed by atoms with Crippen LogP contribution in [0.5, 0.6) is 17.2 Å².